The number of amides is 2. The summed E-state index contributed by atoms with van der Waals surface area (Å²) in [5.74, 6) is -6.45. The first-order chi connectivity index (χ1) is 17.1. The van der Waals surface area contributed by atoms with Gasteiger partial charge in [0.2, 0.25) is 5.43 Å². The standard InChI is InChI=1S/C25H19F4N3O4/c1-11-16(26)5-3-13(20(11)29)8-30-24(35)15-10-31-14-4-2-12-6-17(27)18(28)7-19(12)32(9-14)25(36)21(31)23(34)22(15)33/h3,5-7,10,14,34H,2,4,8-9H2,1H3,(H,30,35)/t14-/m1/s1. The van der Waals surface area contributed by atoms with Crippen LogP contribution in [0.1, 0.15) is 50.0 Å². The predicted octanol–water partition coefficient (Wildman–Crippen LogP) is 3.50. The molecule has 36 heavy (non-hydrogen) atoms. The van der Waals surface area contributed by atoms with Crippen LogP contribution in [0.3, 0.4) is 0 Å². The van der Waals surface area contributed by atoms with E-state index in [0.717, 1.165) is 30.5 Å². The molecule has 2 bridgehead atoms. The van der Waals surface area contributed by atoms with E-state index in [4.69, 9.17) is 0 Å². The van der Waals surface area contributed by atoms with Crippen LogP contribution in [0.15, 0.2) is 35.3 Å². The lowest BCUT2D eigenvalue weighted by atomic mass is 10.0. The average Bonchev–Trinajstić information content (AvgIpc) is 3.00. The van der Waals surface area contributed by atoms with E-state index in [0.29, 0.717) is 12.0 Å². The number of halogens is 4. The maximum Gasteiger partial charge on any atom is 0.279 e. The van der Waals surface area contributed by atoms with Gasteiger partial charge >= 0.3 is 0 Å². The Hall–Kier alpha value is -4.15. The fourth-order valence-electron chi connectivity index (χ4n) is 4.70. The number of hydrogen-bond acceptors (Lipinski definition) is 4. The number of aryl methyl sites for hydroxylation is 1. The van der Waals surface area contributed by atoms with Gasteiger partial charge in [-0.1, -0.05) is 6.07 Å². The molecule has 0 aliphatic carbocycles. The van der Waals surface area contributed by atoms with Crippen molar-refractivity contribution in [1.29, 1.82) is 0 Å². The third-order valence-electron chi connectivity index (χ3n) is 6.69. The van der Waals surface area contributed by atoms with Crippen LogP contribution >= 0.6 is 0 Å². The number of carbonyl (C=O) groups excluding carboxylic acids is 2. The number of aromatic hydroxyl groups is 1. The Morgan fingerprint density at radius 3 is 2.58 bits per heavy atom. The molecule has 1 aromatic heterocycles. The molecule has 0 saturated heterocycles. The molecule has 0 unspecified atom stereocenters. The quantitative estimate of drug-likeness (QED) is 0.538. The molecule has 7 nitrogen and oxygen atoms in total. The summed E-state index contributed by atoms with van der Waals surface area (Å²) < 4.78 is 56.9. The second-order valence-electron chi connectivity index (χ2n) is 8.81. The molecule has 2 aliphatic heterocycles. The highest BCUT2D eigenvalue weighted by Gasteiger charge is 2.39. The van der Waals surface area contributed by atoms with Crippen molar-refractivity contribution in [2.24, 2.45) is 0 Å². The summed E-state index contributed by atoms with van der Waals surface area (Å²) in [5.41, 5.74) is -1.64. The fraction of sp³-hybridized carbons (Fsp3) is 0.240. The largest absolute Gasteiger partial charge is 0.503 e. The number of fused-ring (bicyclic) bond motifs is 6. The van der Waals surface area contributed by atoms with E-state index in [1.54, 1.807) is 0 Å². The van der Waals surface area contributed by atoms with Gasteiger partial charge in [-0.25, -0.2) is 17.6 Å². The number of hydrogen-bond donors (Lipinski definition) is 2. The third kappa shape index (κ3) is 3.62. The van der Waals surface area contributed by atoms with Crippen molar-refractivity contribution >= 4 is 17.5 Å². The molecule has 0 radical (unpaired) electrons. The molecular weight excluding hydrogens is 482 g/mol. The zero-order valence-electron chi connectivity index (χ0n) is 18.9. The van der Waals surface area contributed by atoms with Gasteiger partial charge in [-0.15, -0.1) is 0 Å². The van der Waals surface area contributed by atoms with Crippen molar-refractivity contribution in [2.45, 2.75) is 32.4 Å². The van der Waals surface area contributed by atoms with Crippen LogP contribution in [0, 0.1) is 30.2 Å². The molecule has 186 valence electrons. The van der Waals surface area contributed by atoms with E-state index in [2.05, 4.69) is 5.32 Å². The van der Waals surface area contributed by atoms with Gasteiger partial charge in [0.1, 0.15) is 17.2 Å². The highest BCUT2D eigenvalue weighted by atomic mass is 19.2. The van der Waals surface area contributed by atoms with Crippen LogP contribution in [0.4, 0.5) is 23.2 Å². The Morgan fingerprint density at radius 2 is 1.83 bits per heavy atom. The molecule has 11 heteroatoms. The molecule has 1 atom stereocenters. The summed E-state index contributed by atoms with van der Waals surface area (Å²) in [6.07, 6.45) is 1.77. The Balaban J connectivity index is 1.50. The second kappa shape index (κ2) is 8.51. The second-order valence-corrected chi connectivity index (χ2v) is 8.81. The van der Waals surface area contributed by atoms with E-state index in [1.807, 2.05) is 0 Å². The normalized spacial score (nSPS) is 16.3. The van der Waals surface area contributed by atoms with Crippen molar-refractivity contribution in [1.82, 2.24) is 9.88 Å². The van der Waals surface area contributed by atoms with E-state index in [9.17, 15) is 37.1 Å². The smallest absolute Gasteiger partial charge is 0.279 e. The lowest BCUT2D eigenvalue weighted by molar-refractivity contribution is 0.0929. The number of pyridine rings is 1. The minimum absolute atomic E-state index is 0.00338. The maximum atomic E-state index is 14.3. The van der Waals surface area contributed by atoms with E-state index in [-0.39, 0.29) is 42.0 Å². The van der Waals surface area contributed by atoms with Gasteiger partial charge in [-0.05, 0) is 37.5 Å². The molecule has 2 amide bonds. The molecule has 2 aliphatic rings. The molecule has 3 heterocycles. The summed E-state index contributed by atoms with van der Waals surface area (Å²) in [4.78, 5) is 40.0. The van der Waals surface area contributed by atoms with Crippen LogP contribution in [0.25, 0.3) is 0 Å². The number of rotatable bonds is 3. The molecule has 2 aromatic carbocycles. The predicted molar refractivity (Wildman–Crippen MR) is 120 cm³/mol. The highest BCUT2D eigenvalue weighted by Crippen LogP contribution is 2.38. The van der Waals surface area contributed by atoms with Gasteiger partial charge in [-0.3, -0.25) is 14.4 Å². The van der Waals surface area contributed by atoms with E-state index >= 15 is 0 Å². The number of nitrogens with zero attached hydrogens (tertiary/aromatic N) is 2. The van der Waals surface area contributed by atoms with E-state index in [1.165, 1.54) is 16.4 Å². The van der Waals surface area contributed by atoms with Crippen molar-refractivity contribution in [2.75, 3.05) is 11.4 Å². The molecular formula is C25H19F4N3O4. The van der Waals surface area contributed by atoms with Crippen molar-refractivity contribution in [3.05, 3.63) is 91.9 Å². The zero-order chi connectivity index (χ0) is 25.9. The van der Waals surface area contributed by atoms with Gasteiger partial charge < -0.3 is 19.9 Å². The number of aromatic nitrogens is 1. The first kappa shape index (κ1) is 23.6. The number of carbonyl (C=O) groups is 2. The topological polar surface area (TPSA) is 91.6 Å². The SMILES string of the molecule is Cc1c(F)ccc(CNC(=O)c2cn3c(c(O)c2=O)C(=O)N2C[C@H]3CCc3cc(F)c(F)cc32)c1F. The van der Waals surface area contributed by atoms with Crippen LogP contribution in [-0.4, -0.2) is 28.0 Å². The molecule has 2 N–H and O–H groups in total. The molecule has 3 aromatic rings. The minimum atomic E-state index is -1.13. The average molecular weight is 501 g/mol. The first-order valence-electron chi connectivity index (χ1n) is 11.1. The summed E-state index contributed by atoms with van der Waals surface area (Å²) in [7, 11) is 0. The van der Waals surface area contributed by atoms with Crippen molar-refractivity contribution in [3.63, 3.8) is 0 Å². The van der Waals surface area contributed by atoms with E-state index < -0.39 is 57.9 Å². The van der Waals surface area contributed by atoms with Gasteiger partial charge in [-0.2, -0.15) is 0 Å². The van der Waals surface area contributed by atoms with Crippen LogP contribution in [0.5, 0.6) is 5.75 Å². The zero-order valence-corrected chi connectivity index (χ0v) is 18.9. The molecule has 0 fully saturated rings. The summed E-state index contributed by atoms with van der Waals surface area (Å²) in [6, 6.07) is 3.64. The summed E-state index contributed by atoms with van der Waals surface area (Å²) >= 11 is 0. The summed E-state index contributed by atoms with van der Waals surface area (Å²) in [5, 5.41) is 13.0. The van der Waals surface area contributed by atoms with Gasteiger partial charge in [0.15, 0.2) is 23.1 Å². The third-order valence-corrected chi connectivity index (χ3v) is 6.69. The summed E-state index contributed by atoms with van der Waals surface area (Å²) in [6.45, 7) is 0.946. The van der Waals surface area contributed by atoms with Crippen molar-refractivity contribution in [3.8, 4) is 5.75 Å². The van der Waals surface area contributed by atoms with Crippen LogP contribution < -0.4 is 15.6 Å². The molecule has 5 rings (SSSR count). The minimum Gasteiger partial charge on any atom is -0.503 e. The van der Waals surface area contributed by atoms with Gasteiger partial charge in [0.25, 0.3) is 11.8 Å². The fourth-order valence-corrected chi connectivity index (χ4v) is 4.70. The van der Waals surface area contributed by atoms with Gasteiger partial charge in [0, 0.05) is 36.5 Å². The lowest BCUT2D eigenvalue weighted by Gasteiger charge is -2.35. The highest BCUT2D eigenvalue weighted by molar-refractivity contribution is 6.08. The van der Waals surface area contributed by atoms with Crippen molar-refractivity contribution < 1.29 is 32.3 Å². The Labute approximate surface area is 201 Å². The van der Waals surface area contributed by atoms with Crippen LogP contribution in [0.2, 0.25) is 0 Å². The lowest BCUT2D eigenvalue weighted by Crippen LogP contribution is -2.44. The maximum absolute atomic E-state index is 14.3. The molecule has 0 spiro atoms. The number of nitrogens with one attached hydrogen (secondary N) is 1. The number of anilines is 1. The Kier molecular flexibility index (Phi) is 5.57. The monoisotopic (exact) mass is 501 g/mol. The van der Waals surface area contributed by atoms with Gasteiger partial charge in [0.05, 0.1) is 11.7 Å². The molecule has 0 saturated carbocycles. The number of benzene rings is 2. The Morgan fingerprint density at radius 1 is 1.11 bits per heavy atom. The first-order valence-corrected chi connectivity index (χ1v) is 11.1. The van der Waals surface area contributed by atoms with Crippen LogP contribution in [-0.2, 0) is 13.0 Å². The Bertz CT molecular complexity index is 1520.